The van der Waals surface area contributed by atoms with E-state index in [1.54, 1.807) is 0 Å². The Balaban J connectivity index is 0. The Morgan fingerprint density at radius 1 is 0.647 bits per heavy atom. The monoisotopic (exact) mass is 322 g/mol. The minimum absolute atomic E-state index is 0. The molecule has 0 saturated carbocycles. The van der Waals surface area contributed by atoms with Crippen LogP contribution in [0, 0.1) is 21.7 Å². The fourth-order valence-electron chi connectivity index (χ4n) is 4.77. The van der Waals surface area contributed by atoms with E-state index in [9.17, 15) is 0 Å². The van der Waals surface area contributed by atoms with Gasteiger partial charge >= 0.3 is 112 Å². The molecule has 0 fully saturated rings. The first-order valence-corrected chi connectivity index (χ1v) is 8.70. The van der Waals surface area contributed by atoms with Crippen molar-refractivity contribution in [1.82, 2.24) is 0 Å². The van der Waals surface area contributed by atoms with E-state index in [1.807, 2.05) is 0 Å². The molecule has 2 heteroatoms. The van der Waals surface area contributed by atoms with Crippen LogP contribution < -0.4 is 12.4 Å². The summed E-state index contributed by atoms with van der Waals surface area (Å²) in [7, 11) is 0. The molecule has 0 saturated heterocycles. The Morgan fingerprint density at radius 3 is 0.941 bits per heavy atom. The first-order chi connectivity index (χ1) is 6.81. The second-order valence-corrected chi connectivity index (χ2v) is 9.74. The van der Waals surface area contributed by atoms with E-state index < -0.39 is 0 Å². The molecule has 104 valence electrons. The predicted molar refractivity (Wildman–Crippen MR) is 78.8 cm³/mol. The molecule has 0 aliphatic rings. The summed E-state index contributed by atoms with van der Waals surface area (Å²) in [5, 5.41) is 1.39. The van der Waals surface area contributed by atoms with Crippen LogP contribution in [0.15, 0.2) is 0 Å². The summed E-state index contributed by atoms with van der Waals surface area (Å²) in [4.78, 5) is 0. The van der Waals surface area contributed by atoms with Crippen LogP contribution in [0.5, 0.6) is 0 Å². The summed E-state index contributed by atoms with van der Waals surface area (Å²) in [6.45, 7) is 21.9. The van der Waals surface area contributed by atoms with Gasteiger partial charge in [-0.2, -0.15) is 0 Å². The van der Waals surface area contributed by atoms with Gasteiger partial charge in [-0.05, 0) is 0 Å². The summed E-state index contributed by atoms with van der Waals surface area (Å²) in [5.41, 5.74) is 1.45. The van der Waals surface area contributed by atoms with Crippen molar-refractivity contribution in [2.75, 3.05) is 0 Å². The first-order valence-electron chi connectivity index (χ1n) is 6.60. The minimum atomic E-state index is 0. The zero-order valence-electron chi connectivity index (χ0n) is 13.5. The normalized spacial score (nSPS) is 14.4. The SMILES string of the molecule is CC(C)(C)C(C[CH2][GeH2+])(C(C)(C)C)C(C)(C)C.[Cl-]. The molecule has 0 aromatic carbocycles. The molecule has 0 aliphatic carbocycles. The Bertz CT molecular complexity index is 189. The van der Waals surface area contributed by atoms with E-state index in [1.165, 1.54) is 28.2 Å². The van der Waals surface area contributed by atoms with Gasteiger partial charge in [0.2, 0.25) is 0 Å². The molecule has 0 aliphatic heterocycles. The Labute approximate surface area is 124 Å². The van der Waals surface area contributed by atoms with Crippen molar-refractivity contribution >= 4 is 16.5 Å². The average Bonchev–Trinajstić information content (AvgIpc) is 1.91. The zero-order valence-corrected chi connectivity index (χ0v) is 17.2. The summed E-state index contributed by atoms with van der Waals surface area (Å²) in [5.74, 6) is 0. The van der Waals surface area contributed by atoms with Gasteiger partial charge in [-0.15, -0.1) is 0 Å². The minimum Gasteiger partial charge on any atom is -1.00 e. The van der Waals surface area contributed by atoms with E-state index in [0.29, 0.717) is 21.7 Å². The van der Waals surface area contributed by atoms with Gasteiger partial charge in [0.05, 0.1) is 0 Å². The van der Waals surface area contributed by atoms with E-state index in [2.05, 4.69) is 62.3 Å². The fourth-order valence-corrected chi connectivity index (χ4v) is 5.88. The molecule has 0 N–H and O–H groups in total. The topological polar surface area (TPSA) is 0 Å². The maximum atomic E-state index is 2.43. The third-order valence-electron chi connectivity index (χ3n) is 4.39. The van der Waals surface area contributed by atoms with Crippen molar-refractivity contribution in [3.05, 3.63) is 0 Å². The molecule has 0 aromatic rings. The molecule has 0 rings (SSSR count). The third kappa shape index (κ3) is 3.65. The molecular weight excluding hydrogens is 288 g/mol. The van der Waals surface area contributed by atoms with Crippen molar-refractivity contribution in [1.29, 1.82) is 0 Å². The first kappa shape index (κ1) is 20.2. The molecule has 0 atom stereocenters. The van der Waals surface area contributed by atoms with Crippen LogP contribution in [0.1, 0.15) is 68.7 Å². The number of hydrogen-bond acceptors (Lipinski definition) is 0. The van der Waals surface area contributed by atoms with Crippen LogP contribution in [-0.4, -0.2) is 16.5 Å². The Kier molecular flexibility index (Phi) is 6.95. The van der Waals surface area contributed by atoms with Crippen molar-refractivity contribution in [3.8, 4) is 0 Å². The molecule has 0 amide bonds. The summed E-state index contributed by atoms with van der Waals surface area (Å²) in [6.07, 6.45) is 1.36. The standard InChI is InChI=1S/C15H33Ge.ClH/c1-12(2,3)15(10-11-16,13(4,5)6)14(7,8)9;/h10-11,16H2,1-9H3;1H/q+1;/p-1. The van der Waals surface area contributed by atoms with Crippen molar-refractivity contribution < 1.29 is 12.4 Å². The van der Waals surface area contributed by atoms with Gasteiger partial charge in [0.1, 0.15) is 0 Å². The number of halogens is 1. The molecule has 0 bridgehead atoms. The van der Waals surface area contributed by atoms with Crippen molar-refractivity contribution in [2.45, 2.75) is 74.0 Å². The zero-order chi connectivity index (χ0) is 13.4. The number of hydrogen-bond donors (Lipinski definition) is 0. The fraction of sp³-hybridized carbons (Fsp3) is 1.00. The van der Waals surface area contributed by atoms with Gasteiger partial charge in [-0.25, -0.2) is 0 Å². The van der Waals surface area contributed by atoms with Gasteiger partial charge in [-0.3, -0.25) is 0 Å². The van der Waals surface area contributed by atoms with Crippen LogP contribution in [0.25, 0.3) is 0 Å². The summed E-state index contributed by atoms with van der Waals surface area (Å²) < 4.78 is 0. The molecule has 0 aromatic heterocycles. The maximum absolute atomic E-state index is 2.43. The van der Waals surface area contributed by atoms with Gasteiger partial charge in [-0.1, -0.05) is 0 Å². The summed E-state index contributed by atoms with van der Waals surface area (Å²) >= 11 is 1.42. The Morgan fingerprint density at radius 2 is 0.882 bits per heavy atom. The van der Waals surface area contributed by atoms with Gasteiger partial charge < -0.3 is 12.4 Å². The van der Waals surface area contributed by atoms with Crippen molar-refractivity contribution in [2.24, 2.45) is 21.7 Å². The van der Waals surface area contributed by atoms with Crippen LogP contribution >= 0.6 is 0 Å². The van der Waals surface area contributed by atoms with Crippen molar-refractivity contribution in [3.63, 3.8) is 0 Å². The quantitative estimate of drug-likeness (QED) is 0.677. The molecule has 0 spiro atoms. The molecule has 0 unspecified atom stereocenters. The number of rotatable bonds is 2. The molecular formula is C15H33ClGe. The average molecular weight is 321 g/mol. The second-order valence-electron chi connectivity index (χ2n) is 8.26. The third-order valence-corrected chi connectivity index (χ3v) is 5.13. The van der Waals surface area contributed by atoms with E-state index in [0.717, 1.165) is 0 Å². The van der Waals surface area contributed by atoms with E-state index >= 15 is 0 Å². The molecule has 17 heavy (non-hydrogen) atoms. The van der Waals surface area contributed by atoms with Gasteiger partial charge in [0.25, 0.3) is 0 Å². The van der Waals surface area contributed by atoms with Crippen LogP contribution in [-0.2, 0) is 0 Å². The van der Waals surface area contributed by atoms with Gasteiger partial charge in [0.15, 0.2) is 0 Å². The second kappa shape index (κ2) is 5.86. The largest absolute Gasteiger partial charge is 1.00 e. The van der Waals surface area contributed by atoms with Crippen LogP contribution in [0.3, 0.4) is 0 Å². The molecule has 0 nitrogen and oxygen atoms in total. The van der Waals surface area contributed by atoms with E-state index in [4.69, 9.17) is 0 Å². The van der Waals surface area contributed by atoms with Gasteiger partial charge in [0, 0.05) is 0 Å². The molecule has 0 radical (unpaired) electrons. The molecule has 0 heterocycles. The van der Waals surface area contributed by atoms with E-state index in [-0.39, 0.29) is 12.4 Å². The predicted octanol–water partition coefficient (Wildman–Crippen LogP) is 1.56. The van der Waals surface area contributed by atoms with Crippen LogP contribution in [0.4, 0.5) is 0 Å². The smallest absolute Gasteiger partial charge is 1.00 e. The Hall–Kier alpha value is 0.833. The summed E-state index contributed by atoms with van der Waals surface area (Å²) in [6, 6.07) is 0. The maximum Gasteiger partial charge on any atom is -1.00 e. The van der Waals surface area contributed by atoms with Crippen LogP contribution in [0.2, 0.25) is 5.25 Å².